The van der Waals surface area contributed by atoms with Gasteiger partial charge in [-0.2, -0.15) is 0 Å². The third-order valence-electron chi connectivity index (χ3n) is 14.0. The lowest BCUT2D eigenvalue weighted by atomic mass is 9.67. The number of anilines is 3. The lowest BCUT2D eigenvalue weighted by molar-refractivity contribution is 0.669. The quantitative estimate of drug-likeness (QED) is 0.151. The second-order valence-electron chi connectivity index (χ2n) is 17.5. The van der Waals surface area contributed by atoms with Crippen LogP contribution < -0.4 is 4.90 Å². The molecular weight excluding hydrogens is 811 g/mol. The van der Waals surface area contributed by atoms with Gasteiger partial charge in [-0.15, -0.1) is 0 Å². The predicted octanol–water partition coefficient (Wildman–Crippen LogP) is 17.6. The summed E-state index contributed by atoms with van der Waals surface area (Å²) in [6.45, 7) is 0. The van der Waals surface area contributed by atoms with E-state index in [1.807, 2.05) is 6.07 Å². The first-order valence-corrected chi connectivity index (χ1v) is 23.1. The fraction of sp³-hybridized carbons (Fsp3) is 0.0154. The van der Waals surface area contributed by atoms with Crippen molar-refractivity contribution in [2.45, 2.75) is 5.41 Å². The first kappa shape index (κ1) is 38.7. The Morgan fingerprint density at radius 1 is 0.313 bits per heavy atom. The fourth-order valence-corrected chi connectivity index (χ4v) is 11.0. The molecule has 314 valence electrons. The summed E-state index contributed by atoms with van der Waals surface area (Å²) in [6.07, 6.45) is 0. The molecule has 0 amide bonds. The van der Waals surface area contributed by atoms with Gasteiger partial charge < -0.3 is 9.32 Å². The maximum absolute atomic E-state index is 6.47. The number of rotatable bonds is 8. The molecule has 67 heavy (non-hydrogen) atoms. The summed E-state index contributed by atoms with van der Waals surface area (Å²) in [5, 5.41) is 4.72. The minimum atomic E-state index is -0.546. The molecule has 0 unspecified atom stereocenters. The topological polar surface area (TPSA) is 16.4 Å². The molecule has 0 saturated carbocycles. The van der Waals surface area contributed by atoms with Gasteiger partial charge >= 0.3 is 0 Å². The van der Waals surface area contributed by atoms with Crippen LogP contribution >= 0.6 is 0 Å². The Balaban J connectivity index is 1.02. The number of furan rings is 1. The largest absolute Gasteiger partial charge is 0.456 e. The van der Waals surface area contributed by atoms with E-state index in [-0.39, 0.29) is 0 Å². The summed E-state index contributed by atoms with van der Waals surface area (Å²) in [4.78, 5) is 2.46. The highest BCUT2D eigenvalue weighted by atomic mass is 16.3. The van der Waals surface area contributed by atoms with Gasteiger partial charge in [0.05, 0.1) is 11.1 Å². The van der Waals surface area contributed by atoms with Crippen LogP contribution in [0.1, 0.15) is 22.3 Å². The maximum Gasteiger partial charge on any atom is 0.136 e. The van der Waals surface area contributed by atoms with Crippen molar-refractivity contribution >= 4 is 49.8 Å². The van der Waals surface area contributed by atoms with Gasteiger partial charge in [-0.05, 0) is 121 Å². The first-order valence-electron chi connectivity index (χ1n) is 23.1. The molecule has 0 radical (unpaired) electrons. The van der Waals surface area contributed by atoms with Crippen LogP contribution in [0.15, 0.2) is 265 Å². The number of benzene rings is 11. The molecule has 1 aliphatic carbocycles. The van der Waals surface area contributed by atoms with Crippen LogP contribution in [0.4, 0.5) is 17.1 Å². The monoisotopic (exact) mass is 853 g/mol. The van der Waals surface area contributed by atoms with E-state index in [2.05, 4.69) is 260 Å². The minimum absolute atomic E-state index is 0.546. The lowest BCUT2D eigenvalue weighted by Gasteiger charge is -2.35. The third kappa shape index (κ3) is 6.18. The van der Waals surface area contributed by atoms with Gasteiger partial charge in [0, 0.05) is 27.7 Å². The Labute approximate surface area is 390 Å². The van der Waals surface area contributed by atoms with Gasteiger partial charge in [-0.25, -0.2) is 0 Å². The molecule has 0 saturated heterocycles. The summed E-state index contributed by atoms with van der Waals surface area (Å²) in [5.74, 6) is 0. The molecule has 1 aliphatic rings. The smallest absolute Gasteiger partial charge is 0.136 e. The molecule has 1 heterocycles. The summed E-state index contributed by atoms with van der Waals surface area (Å²) < 4.78 is 6.47. The molecule has 0 atom stereocenters. The van der Waals surface area contributed by atoms with E-state index in [9.17, 15) is 0 Å². The van der Waals surface area contributed by atoms with Crippen LogP contribution in [-0.4, -0.2) is 0 Å². The zero-order chi connectivity index (χ0) is 44.3. The van der Waals surface area contributed by atoms with Gasteiger partial charge in [0.2, 0.25) is 0 Å². The first-order chi connectivity index (χ1) is 33.2. The minimum Gasteiger partial charge on any atom is -0.456 e. The molecule has 12 aromatic rings. The average molecular weight is 854 g/mol. The van der Waals surface area contributed by atoms with E-state index in [0.717, 1.165) is 55.7 Å². The van der Waals surface area contributed by atoms with E-state index < -0.39 is 5.41 Å². The molecule has 0 N–H and O–H groups in total. The fourth-order valence-electron chi connectivity index (χ4n) is 11.0. The van der Waals surface area contributed by atoms with Gasteiger partial charge in [0.25, 0.3) is 0 Å². The summed E-state index contributed by atoms with van der Waals surface area (Å²) in [5.41, 5.74) is 19.0. The van der Waals surface area contributed by atoms with Gasteiger partial charge in [0.15, 0.2) is 0 Å². The molecule has 0 bridgehead atoms. The number of hydrogen-bond donors (Lipinski definition) is 0. The molecule has 2 heteroatoms. The van der Waals surface area contributed by atoms with Crippen molar-refractivity contribution in [2.24, 2.45) is 0 Å². The van der Waals surface area contributed by atoms with Crippen molar-refractivity contribution in [1.29, 1.82) is 0 Å². The maximum atomic E-state index is 6.47. The molecule has 11 aromatic carbocycles. The summed E-state index contributed by atoms with van der Waals surface area (Å²) in [7, 11) is 0. The Morgan fingerprint density at radius 3 is 1.70 bits per heavy atom. The Hall–Kier alpha value is -8.72. The van der Waals surface area contributed by atoms with Crippen molar-refractivity contribution < 1.29 is 4.42 Å². The summed E-state index contributed by atoms with van der Waals surface area (Å²) in [6, 6.07) is 95.1. The van der Waals surface area contributed by atoms with Crippen LogP contribution in [-0.2, 0) is 5.41 Å². The number of nitrogens with zero attached hydrogens (tertiary/aromatic N) is 1. The Kier molecular flexibility index (Phi) is 9.11. The molecular formula is C65H43NO. The van der Waals surface area contributed by atoms with Gasteiger partial charge in [0.1, 0.15) is 11.2 Å². The van der Waals surface area contributed by atoms with Crippen LogP contribution in [0.25, 0.3) is 77.2 Å². The van der Waals surface area contributed by atoms with E-state index >= 15 is 0 Å². The second kappa shape index (κ2) is 15.8. The molecule has 0 spiro atoms. The van der Waals surface area contributed by atoms with E-state index in [4.69, 9.17) is 4.42 Å². The van der Waals surface area contributed by atoms with Crippen molar-refractivity contribution in [3.8, 4) is 44.5 Å². The zero-order valence-electron chi connectivity index (χ0n) is 36.7. The SMILES string of the molecule is c1ccc(C2(c3ccccc3)c3ccccc3-c3ccc(N(c4ccc(-c5cccc(-c6cccc7ccccc67)c5)cc4)c4ccccc4-c4cccc5oc6ccccc6c45)cc32)cc1. The zero-order valence-corrected chi connectivity index (χ0v) is 36.7. The van der Waals surface area contributed by atoms with Crippen LogP contribution in [0.5, 0.6) is 0 Å². The highest BCUT2D eigenvalue weighted by Gasteiger charge is 2.46. The average Bonchev–Trinajstić information content (AvgIpc) is 3.93. The normalized spacial score (nSPS) is 12.6. The lowest BCUT2D eigenvalue weighted by Crippen LogP contribution is -2.28. The van der Waals surface area contributed by atoms with E-state index in [1.54, 1.807) is 0 Å². The van der Waals surface area contributed by atoms with Crippen molar-refractivity contribution in [3.05, 3.63) is 283 Å². The molecule has 1 aromatic heterocycles. The highest BCUT2D eigenvalue weighted by Crippen LogP contribution is 2.57. The molecule has 2 nitrogen and oxygen atoms in total. The molecule has 0 aliphatic heterocycles. The van der Waals surface area contributed by atoms with Crippen LogP contribution in [0.2, 0.25) is 0 Å². The number of para-hydroxylation sites is 2. The highest BCUT2D eigenvalue weighted by molar-refractivity contribution is 6.14. The van der Waals surface area contributed by atoms with E-state index in [1.165, 1.54) is 60.8 Å². The molecule has 13 rings (SSSR count). The van der Waals surface area contributed by atoms with E-state index in [0.29, 0.717) is 0 Å². The van der Waals surface area contributed by atoms with Gasteiger partial charge in [-0.1, -0.05) is 212 Å². The Morgan fingerprint density at radius 2 is 0.881 bits per heavy atom. The van der Waals surface area contributed by atoms with Crippen molar-refractivity contribution in [2.75, 3.05) is 4.90 Å². The third-order valence-corrected chi connectivity index (χ3v) is 14.0. The summed E-state index contributed by atoms with van der Waals surface area (Å²) >= 11 is 0. The predicted molar refractivity (Wildman–Crippen MR) is 280 cm³/mol. The van der Waals surface area contributed by atoms with Crippen molar-refractivity contribution in [3.63, 3.8) is 0 Å². The number of hydrogen-bond acceptors (Lipinski definition) is 2. The van der Waals surface area contributed by atoms with Crippen LogP contribution in [0.3, 0.4) is 0 Å². The van der Waals surface area contributed by atoms with Crippen LogP contribution in [0, 0.1) is 0 Å². The Bertz CT molecular complexity index is 3760. The second-order valence-corrected chi connectivity index (χ2v) is 17.5. The number of fused-ring (bicyclic) bond motifs is 7. The van der Waals surface area contributed by atoms with Crippen molar-refractivity contribution in [1.82, 2.24) is 0 Å². The molecule has 0 fully saturated rings. The van der Waals surface area contributed by atoms with Gasteiger partial charge in [-0.3, -0.25) is 0 Å². The standard InChI is InChI=1S/C65H43NO/c1-3-22-48(23-4-1)65(49-24-5-2-6-25-49)59-32-12-9-27-54(59)55-41-40-51(43-60(55)65)66(61-33-13-10-28-56(61)57-31-17-35-63-64(57)58-29-11-14-34-62(58)67-63)50-38-36-44(37-39-50)46-20-15-21-47(42-46)53-30-16-19-45-18-7-8-26-52(45)53/h1-43H.